The second-order valence-corrected chi connectivity index (χ2v) is 3.55. The number of benzene rings is 1. The molecule has 1 N–H and O–H groups in total. The van der Waals surface area contributed by atoms with E-state index in [1.54, 1.807) is 19.2 Å². The molecule has 0 heterocycles. The van der Waals surface area contributed by atoms with Crippen LogP contribution in [0.5, 0.6) is 5.75 Å². The van der Waals surface area contributed by atoms with Gasteiger partial charge in [0, 0.05) is 12.7 Å². The maximum atomic E-state index is 9.81. The predicted molar refractivity (Wildman–Crippen MR) is 59.7 cm³/mol. The third-order valence-electron chi connectivity index (χ3n) is 2.67. The Morgan fingerprint density at radius 2 is 1.87 bits per heavy atom. The van der Waals surface area contributed by atoms with Gasteiger partial charge in [0.1, 0.15) is 11.4 Å². The second kappa shape index (κ2) is 3.91. The van der Waals surface area contributed by atoms with Gasteiger partial charge in [-0.25, -0.2) is 0 Å². The summed E-state index contributed by atoms with van der Waals surface area (Å²) in [5.41, 5.74) is 0.170. The number of methoxy groups -OCH3 is 1. The van der Waals surface area contributed by atoms with Crippen molar-refractivity contribution in [1.29, 1.82) is 0 Å². The van der Waals surface area contributed by atoms with Gasteiger partial charge in [-0.3, -0.25) is 0 Å². The minimum absolute atomic E-state index is 0.260. The molecular formula is C13H14O2. The van der Waals surface area contributed by atoms with Crippen molar-refractivity contribution in [1.82, 2.24) is 0 Å². The first-order chi connectivity index (χ1) is 7.28. The normalized spacial score (nSPS) is 17.9. The van der Waals surface area contributed by atoms with Crippen molar-refractivity contribution in [2.24, 2.45) is 0 Å². The Balaban J connectivity index is 2.51. The summed E-state index contributed by atoms with van der Waals surface area (Å²) in [5, 5.41) is 9.81. The number of allylic oxidation sites excluding steroid dienone is 2. The molecule has 0 bridgehead atoms. The van der Waals surface area contributed by atoms with E-state index in [1.165, 1.54) is 0 Å². The van der Waals surface area contributed by atoms with Crippen LogP contribution in [0.2, 0.25) is 0 Å². The fourth-order valence-electron chi connectivity index (χ4n) is 1.85. The molecule has 0 saturated heterocycles. The van der Waals surface area contributed by atoms with Crippen molar-refractivity contribution in [3.8, 4) is 5.75 Å². The average Bonchev–Trinajstić information content (AvgIpc) is 2.30. The van der Waals surface area contributed by atoms with E-state index >= 15 is 0 Å². The molecule has 0 spiro atoms. The van der Waals surface area contributed by atoms with E-state index in [2.05, 4.69) is 0 Å². The van der Waals surface area contributed by atoms with E-state index in [4.69, 9.17) is 4.74 Å². The molecule has 0 saturated carbocycles. The minimum atomic E-state index is -0.608. The zero-order valence-corrected chi connectivity index (χ0v) is 8.68. The van der Waals surface area contributed by atoms with E-state index in [0.717, 1.165) is 12.0 Å². The minimum Gasteiger partial charge on any atom is -0.508 e. The second-order valence-electron chi connectivity index (χ2n) is 3.55. The van der Waals surface area contributed by atoms with E-state index in [-0.39, 0.29) is 5.75 Å². The lowest BCUT2D eigenvalue weighted by molar-refractivity contribution is 0.0689. The monoisotopic (exact) mass is 202 g/mol. The Hall–Kier alpha value is -1.54. The van der Waals surface area contributed by atoms with E-state index in [1.807, 2.05) is 36.4 Å². The number of aromatic hydroxyl groups is 1. The molecule has 2 rings (SSSR count). The summed E-state index contributed by atoms with van der Waals surface area (Å²) in [7, 11) is 1.65. The van der Waals surface area contributed by atoms with Crippen LogP contribution in [0.3, 0.4) is 0 Å². The zero-order valence-electron chi connectivity index (χ0n) is 8.68. The van der Waals surface area contributed by atoms with Crippen LogP contribution in [0.25, 0.3) is 0 Å². The van der Waals surface area contributed by atoms with Gasteiger partial charge in [0.05, 0.1) is 0 Å². The Kier molecular flexibility index (Phi) is 2.60. The smallest absolute Gasteiger partial charge is 0.133 e. The Morgan fingerprint density at radius 1 is 1.20 bits per heavy atom. The fraction of sp³-hybridized carbons (Fsp3) is 0.231. The molecule has 0 aliphatic heterocycles. The van der Waals surface area contributed by atoms with Crippen molar-refractivity contribution in [3.63, 3.8) is 0 Å². The molecule has 0 radical (unpaired) electrons. The Bertz CT molecular complexity index is 393. The molecule has 0 atom stereocenters. The van der Waals surface area contributed by atoms with Gasteiger partial charge in [0.15, 0.2) is 0 Å². The van der Waals surface area contributed by atoms with Crippen LogP contribution in [0, 0.1) is 0 Å². The standard InChI is InChI=1S/C13H14O2/c1-15-13(9-5-2-6-10-13)11-7-3-4-8-12(11)14/h3-10,14H,2H2,1H3. The number of para-hydroxylation sites is 1. The first-order valence-corrected chi connectivity index (χ1v) is 4.97. The molecule has 15 heavy (non-hydrogen) atoms. The lowest BCUT2D eigenvalue weighted by atomic mass is 9.89. The van der Waals surface area contributed by atoms with Gasteiger partial charge in [0.25, 0.3) is 0 Å². The summed E-state index contributed by atoms with van der Waals surface area (Å²) >= 11 is 0. The third-order valence-corrected chi connectivity index (χ3v) is 2.67. The summed E-state index contributed by atoms with van der Waals surface area (Å²) < 4.78 is 5.51. The van der Waals surface area contributed by atoms with Crippen molar-refractivity contribution in [2.45, 2.75) is 12.0 Å². The largest absolute Gasteiger partial charge is 0.508 e. The van der Waals surface area contributed by atoms with Crippen LogP contribution < -0.4 is 0 Å². The number of rotatable bonds is 2. The van der Waals surface area contributed by atoms with E-state index < -0.39 is 5.60 Å². The van der Waals surface area contributed by atoms with Gasteiger partial charge in [-0.1, -0.05) is 30.4 Å². The van der Waals surface area contributed by atoms with Crippen LogP contribution in [0.4, 0.5) is 0 Å². The highest BCUT2D eigenvalue weighted by atomic mass is 16.5. The molecule has 1 aliphatic carbocycles. The molecule has 78 valence electrons. The molecular weight excluding hydrogens is 188 g/mol. The highest BCUT2D eigenvalue weighted by Crippen LogP contribution is 2.36. The van der Waals surface area contributed by atoms with Gasteiger partial charge in [0.2, 0.25) is 0 Å². The number of ether oxygens (including phenoxy) is 1. The molecule has 0 fully saturated rings. The Morgan fingerprint density at radius 3 is 2.47 bits per heavy atom. The number of hydrogen-bond donors (Lipinski definition) is 1. The van der Waals surface area contributed by atoms with Crippen LogP contribution in [0.1, 0.15) is 12.0 Å². The van der Waals surface area contributed by atoms with Gasteiger partial charge in [-0.05, 0) is 24.6 Å². The predicted octanol–water partition coefficient (Wildman–Crippen LogP) is 2.75. The van der Waals surface area contributed by atoms with Gasteiger partial charge >= 0.3 is 0 Å². The molecule has 2 heteroatoms. The number of phenols is 1. The fourth-order valence-corrected chi connectivity index (χ4v) is 1.85. The molecule has 1 aromatic rings. The topological polar surface area (TPSA) is 29.5 Å². The zero-order chi connectivity index (χ0) is 10.7. The summed E-state index contributed by atoms with van der Waals surface area (Å²) in [6.45, 7) is 0. The molecule has 0 aromatic heterocycles. The summed E-state index contributed by atoms with van der Waals surface area (Å²) in [5.74, 6) is 0.260. The molecule has 1 aliphatic rings. The maximum absolute atomic E-state index is 9.81. The lowest BCUT2D eigenvalue weighted by Crippen LogP contribution is -2.24. The number of hydrogen-bond acceptors (Lipinski definition) is 2. The van der Waals surface area contributed by atoms with Gasteiger partial charge < -0.3 is 9.84 Å². The Labute approximate surface area is 89.5 Å². The van der Waals surface area contributed by atoms with Gasteiger partial charge in [-0.15, -0.1) is 0 Å². The third kappa shape index (κ3) is 1.68. The summed E-state index contributed by atoms with van der Waals surface area (Å²) in [6.07, 6.45) is 8.94. The molecule has 0 unspecified atom stereocenters. The van der Waals surface area contributed by atoms with Crippen LogP contribution in [-0.2, 0) is 10.3 Å². The SMILES string of the molecule is COC1(c2ccccc2O)C=CCC=C1. The number of phenolic OH excluding ortho intramolecular Hbond substituents is 1. The van der Waals surface area contributed by atoms with Crippen molar-refractivity contribution in [2.75, 3.05) is 7.11 Å². The van der Waals surface area contributed by atoms with Crippen molar-refractivity contribution < 1.29 is 9.84 Å². The molecule has 0 amide bonds. The van der Waals surface area contributed by atoms with Crippen LogP contribution in [0.15, 0.2) is 48.6 Å². The first kappa shape index (κ1) is 9.99. The van der Waals surface area contributed by atoms with E-state index in [9.17, 15) is 5.11 Å². The average molecular weight is 202 g/mol. The van der Waals surface area contributed by atoms with Crippen LogP contribution >= 0.6 is 0 Å². The molecule has 2 nitrogen and oxygen atoms in total. The van der Waals surface area contributed by atoms with E-state index in [0.29, 0.717) is 0 Å². The summed E-state index contributed by atoms with van der Waals surface area (Å²) in [4.78, 5) is 0. The quantitative estimate of drug-likeness (QED) is 0.747. The molecule has 1 aromatic carbocycles. The first-order valence-electron chi connectivity index (χ1n) is 4.97. The van der Waals surface area contributed by atoms with Crippen molar-refractivity contribution >= 4 is 0 Å². The van der Waals surface area contributed by atoms with Crippen LogP contribution in [-0.4, -0.2) is 12.2 Å². The van der Waals surface area contributed by atoms with Gasteiger partial charge in [-0.2, -0.15) is 0 Å². The summed E-state index contributed by atoms with van der Waals surface area (Å²) in [6, 6.07) is 7.25. The highest BCUT2D eigenvalue weighted by Gasteiger charge is 2.29. The van der Waals surface area contributed by atoms with Crippen molar-refractivity contribution in [3.05, 3.63) is 54.1 Å². The highest BCUT2D eigenvalue weighted by molar-refractivity contribution is 5.44. The lowest BCUT2D eigenvalue weighted by Gasteiger charge is -2.28. The maximum Gasteiger partial charge on any atom is 0.133 e.